The van der Waals surface area contributed by atoms with Crippen molar-refractivity contribution in [2.24, 2.45) is 0 Å². The highest BCUT2D eigenvalue weighted by molar-refractivity contribution is 5.96. The van der Waals surface area contributed by atoms with Gasteiger partial charge in [-0.3, -0.25) is 20.4 Å². The molecule has 26 heavy (non-hydrogen) atoms. The smallest absolute Gasteiger partial charge is 0.305 e. The molecule has 0 fully saturated rings. The maximum absolute atomic E-state index is 12.0. The molecule has 0 spiro atoms. The van der Waals surface area contributed by atoms with Crippen molar-refractivity contribution in [3.8, 4) is 5.75 Å². The molecule has 7 nitrogen and oxygen atoms in total. The average molecular weight is 352 g/mol. The molecule has 3 rings (SSSR count). The number of furan rings is 2. The zero-order valence-corrected chi connectivity index (χ0v) is 13.7. The lowest BCUT2D eigenvalue weighted by Gasteiger charge is -2.04. The quantitative estimate of drug-likeness (QED) is 0.525. The van der Waals surface area contributed by atoms with E-state index in [9.17, 15) is 9.59 Å². The van der Waals surface area contributed by atoms with Crippen molar-refractivity contribution in [3.05, 3.63) is 84.2 Å². The number of hydrazine groups is 1. The van der Waals surface area contributed by atoms with Crippen molar-refractivity contribution in [2.75, 3.05) is 0 Å². The van der Waals surface area contributed by atoms with Crippen LogP contribution < -0.4 is 15.6 Å². The fraction of sp³-hybridized carbons (Fsp3) is 0.0526. The zero-order chi connectivity index (χ0) is 18.2. The molecule has 2 heterocycles. The molecule has 3 aromatic rings. The predicted octanol–water partition coefficient (Wildman–Crippen LogP) is 2.93. The van der Waals surface area contributed by atoms with E-state index in [-0.39, 0.29) is 12.4 Å². The van der Waals surface area contributed by atoms with Crippen molar-refractivity contribution in [3.63, 3.8) is 0 Å². The molecule has 1 aromatic carbocycles. The Kier molecular flexibility index (Phi) is 5.51. The Balaban J connectivity index is 1.46. The zero-order valence-electron chi connectivity index (χ0n) is 13.7. The number of amides is 2. The van der Waals surface area contributed by atoms with Gasteiger partial charge >= 0.3 is 5.91 Å². The summed E-state index contributed by atoms with van der Waals surface area (Å²) >= 11 is 0. The van der Waals surface area contributed by atoms with Gasteiger partial charge in [-0.1, -0.05) is 18.2 Å². The molecule has 0 saturated carbocycles. The van der Waals surface area contributed by atoms with Gasteiger partial charge in [-0.2, -0.15) is 0 Å². The van der Waals surface area contributed by atoms with E-state index in [0.717, 1.165) is 0 Å². The molecule has 0 bridgehead atoms. The summed E-state index contributed by atoms with van der Waals surface area (Å²) < 4.78 is 16.0. The highest BCUT2D eigenvalue weighted by atomic mass is 16.5. The molecule has 132 valence electrons. The van der Waals surface area contributed by atoms with Crippen LogP contribution >= 0.6 is 0 Å². The van der Waals surface area contributed by atoms with E-state index in [2.05, 4.69) is 10.9 Å². The summed E-state index contributed by atoms with van der Waals surface area (Å²) in [5, 5.41) is 0. The summed E-state index contributed by atoms with van der Waals surface area (Å²) in [6.45, 7) is 0.190. The minimum atomic E-state index is -0.573. The molecule has 0 unspecified atom stereocenters. The molecule has 7 heteroatoms. The number of benzene rings is 1. The van der Waals surface area contributed by atoms with Crippen LogP contribution in [0.15, 0.2) is 75.8 Å². The van der Waals surface area contributed by atoms with Crippen molar-refractivity contribution in [1.82, 2.24) is 10.9 Å². The third-order valence-corrected chi connectivity index (χ3v) is 3.25. The molecular formula is C19H16N2O5. The van der Waals surface area contributed by atoms with Crippen molar-refractivity contribution >= 4 is 17.9 Å². The molecule has 2 amide bonds. The van der Waals surface area contributed by atoms with Gasteiger partial charge in [0.05, 0.1) is 6.26 Å². The number of carbonyl (C=O) groups excluding carboxylic acids is 2. The van der Waals surface area contributed by atoms with E-state index in [1.807, 2.05) is 30.3 Å². The lowest BCUT2D eigenvalue weighted by atomic mass is 10.3. The van der Waals surface area contributed by atoms with Crippen LogP contribution in [0.5, 0.6) is 5.75 Å². The highest BCUT2D eigenvalue weighted by Crippen LogP contribution is 2.13. The molecule has 0 aliphatic carbocycles. The van der Waals surface area contributed by atoms with E-state index in [4.69, 9.17) is 13.6 Å². The number of para-hydroxylation sites is 1. The summed E-state index contributed by atoms with van der Waals surface area (Å²) in [5.41, 5.74) is 4.51. The summed E-state index contributed by atoms with van der Waals surface area (Å²) in [5.74, 6) is 0.700. The van der Waals surface area contributed by atoms with Gasteiger partial charge in [0.15, 0.2) is 5.76 Å². The second kappa shape index (κ2) is 8.39. The second-order valence-electron chi connectivity index (χ2n) is 5.16. The first-order chi connectivity index (χ1) is 12.7. The predicted molar refractivity (Wildman–Crippen MR) is 92.8 cm³/mol. The topological polar surface area (TPSA) is 93.7 Å². The minimum absolute atomic E-state index is 0.0620. The van der Waals surface area contributed by atoms with Crippen LogP contribution in [0, 0.1) is 0 Å². The van der Waals surface area contributed by atoms with E-state index in [1.54, 1.807) is 18.2 Å². The monoisotopic (exact) mass is 352 g/mol. The summed E-state index contributed by atoms with van der Waals surface area (Å²) in [6, 6.07) is 15.8. The van der Waals surface area contributed by atoms with Gasteiger partial charge in [-0.05, 0) is 42.5 Å². The van der Waals surface area contributed by atoms with Crippen LogP contribution in [0.2, 0.25) is 0 Å². The van der Waals surface area contributed by atoms with E-state index in [1.165, 1.54) is 24.5 Å². The van der Waals surface area contributed by atoms with Crippen molar-refractivity contribution in [2.45, 2.75) is 6.61 Å². The second-order valence-corrected chi connectivity index (χ2v) is 5.16. The van der Waals surface area contributed by atoms with Gasteiger partial charge < -0.3 is 13.6 Å². The number of ether oxygens (including phenoxy) is 1. The van der Waals surface area contributed by atoms with E-state index >= 15 is 0 Å². The molecule has 0 aliphatic rings. The molecule has 2 N–H and O–H groups in total. The van der Waals surface area contributed by atoms with E-state index < -0.39 is 11.8 Å². The Bertz CT molecular complexity index is 882. The van der Waals surface area contributed by atoms with Gasteiger partial charge in [0.25, 0.3) is 5.91 Å². The van der Waals surface area contributed by atoms with E-state index in [0.29, 0.717) is 17.3 Å². The Morgan fingerprint density at radius 1 is 1.00 bits per heavy atom. The fourth-order valence-electron chi connectivity index (χ4n) is 2.01. The largest absolute Gasteiger partial charge is 0.486 e. The maximum atomic E-state index is 12.0. The third-order valence-electron chi connectivity index (χ3n) is 3.25. The lowest BCUT2D eigenvalue weighted by Crippen LogP contribution is -2.40. The first-order valence-corrected chi connectivity index (χ1v) is 7.79. The number of hydrogen-bond acceptors (Lipinski definition) is 5. The van der Waals surface area contributed by atoms with Crippen LogP contribution in [0.3, 0.4) is 0 Å². The summed E-state index contributed by atoms with van der Waals surface area (Å²) in [7, 11) is 0. The van der Waals surface area contributed by atoms with Crippen LogP contribution in [0.25, 0.3) is 6.08 Å². The summed E-state index contributed by atoms with van der Waals surface area (Å²) in [6.07, 6.45) is 4.21. The van der Waals surface area contributed by atoms with Crippen LogP contribution in [-0.2, 0) is 11.4 Å². The number of nitrogens with one attached hydrogen (secondary N) is 2. The van der Waals surface area contributed by atoms with Gasteiger partial charge in [0.2, 0.25) is 0 Å². The Morgan fingerprint density at radius 3 is 2.62 bits per heavy atom. The van der Waals surface area contributed by atoms with Crippen LogP contribution in [0.1, 0.15) is 22.1 Å². The molecule has 0 saturated heterocycles. The summed E-state index contributed by atoms with van der Waals surface area (Å²) in [4.78, 5) is 23.6. The highest BCUT2D eigenvalue weighted by Gasteiger charge is 2.12. The van der Waals surface area contributed by atoms with Crippen LogP contribution in [0.4, 0.5) is 0 Å². The van der Waals surface area contributed by atoms with Gasteiger partial charge in [-0.25, -0.2) is 0 Å². The Morgan fingerprint density at radius 2 is 1.85 bits per heavy atom. The number of hydrogen-bond donors (Lipinski definition) is 2. The maximum Gasteiger partial charge on any atom is 0.305 e. The Labute approximate surface area is 149 Å². The van der Waals surface area contributed by atoms with Crippen LogP contribution in [-0.4, -0.2) is 11.8 Å². The molecule has 0 aliphatic heterocycles. The average Bonchev–Trinajstić information content (AvgIpc) is 3.35. The van der Waals surface area contributed by atoms with Crippen molar-refractivity contribution < 1.29 is 23.2 Å². The number of rotatable bonds is 6. The minimum Gasteiger partial charge on any atom is -0.486 e. The van der Waals surface area contributed by atoms with Crippen molar-refractivity contribution in [1.29, 1.82) is 0 Å². The molecular weight excluding hydrogens is 336 g/mol. The fourth-order valence-corrected chi connectivity index (χ4v) is 2.01. The normalized spacial score (nSPS) is 10.6. The molecule has 2 aromatic heterocycles. The lowest BCUT2D eigenvalue weighted by molar-refractivity contribution is -0.117. The van der Waals surface area contributed by atoms with Gasteiger partial charge in [0.1, 0.15) is 23.9 Å². The molecule has 0 atom stereocenters. The SMILES string of the molecule is O=C(/C=C/c1ccco1)NNC(=O)c1ccc(COc2ccccc2)o1. The third kappa shape index (κ3) is 4.88. The standard InChI is InChI=1S/C19H16N2O5/c22-18(11-9-15-7-4-12-24-15)20-21-19(23)17-10-8-16(26-17)13-25-14-5-2-1-3-6-14/h1-12H,13H2,(H,20,22)(H,21,23)/b11-9+. The first kappa shape index (κ1) is 17.1. The van der Waals surface area contributed by atoms with Gasteiger partial charge in [-0.15, -0.1) is 0 Å². The number of carbonyl (C=O) groups is 2. The first-order valence-electron chi connectivity index (χ1n) is 7.79. The Hall–Kier alpha value is -3.74. The van der Waals surface area contributed by atoms with Gasteiger partial charge in [0, 0.05) is 6.08 Å². The molecule has 0 radical (unpaired) electrons.